The Hall–Kier alpha value is -1.79. The highest BCUT2D eigenvalue weighted by atomic mass is 32.1. The lowest BCUT2D eigenvalue weighted by molar-refractivity contribution is -0.120. The van der Waals surface area contributed by atoms with Crippen molar-refractivity contribution in [1.82, 2.24) is 14.9 Å². The molecule has 2 aromatic rings. The van der Waals surface area contributed by atoms with Crippen molar-refractivity contribution in [3.8, 4) is 0 Å². The van der Waals surface area contributed by atoms with Crippen LogP contribution in [0.1, 0.15) is 17.6 Å². The third-order valence-electron chi connectivity index (χ3n) is 3.01. The molecule has 2 aromatic heterocycles. The van der Waals surface area contributed by atoms with Crippen molar-refractivity contribution in [3.05, 3.63) is 40.5 Å². The standard InChI is InChI=1S/C14H18N4OS/c1-10-9-20-13(16-10)8-18(3)11(2)14(19)17-12-6-4-5-7-15-12/h4-7,9,11H,8H2,1-3H3,(H,15,17,19). The Kier molecular flexibility index (Phi) is 4.81. The number of carbonyl (C=O) groups is 1. The molecule has 0 saturated carbocycles. The van der Waals surface area contributed by atoms with E-state index in [1.54, 1.807) is 23.6 Å². The maximum absolute atomic E-state index is 12.1. The molecule has 5 nitrogen and oxygen atoms in total. The summed E-state index contributed by atoms with van der Waals surface area (Å²) in [5, 5.41) is 5.84. The van der Waals surface area contributed by atoms with E-state index in [0.717, 1.165) is 10.7 Å². The Morgan fingerprint density at radius 3 is 2.90 bits per heavy atom. The summed E-state index contributed by atoms with van der Waals surface area (Å²) in [5.41, 5.74) is 1.02. The Balaban J connectivity index is 1.92. The average molecular weight is 290 g/mol. The molecule has 1 unspecified atom stereocenters. The summed E-state index contributed by atoms with van der Waals surface area (Å²) in [7, 11) is 1.92. The molecule has 1 amide bonds. The van der Waals surface area contributed by atoms with Crippen LogP contribution in [0.3, 0.4) is 0 Å². The van der Waals surface area contributed by atoms with Gasteiger partial charge in [-0.2, -0.15) is 0 Å². The third kappa shape index (κ3) is 3.85. The smallest absolute Gasteiger partial charge is 0.242 e. The van der Waals surface area contributed by atoms with Crippen LogP contribution in [0.5, 0.6) is 0 Å². The Morgan fingerprint density at radius 2 is 2.30 bits per heavy atom. The number of aromatic nitrogens is 2. The maximum atomic E-state index is 12.1. The summed E-state index contributed by atoms with van der Waals surface area (Å²) >= 11 is 1.61. The van der Waals surface area contributed by atoms with E-state index in [9.17, 15) is 4.79 Å². The lowest BCUT2D eigenvalue weighted by Crippen LogP contribution is -2.39. The third-order valence-corrected chi connectivity index (χ3v) is 3.96. The number of hydrogen-bond acceptors (Lipinski definition) is 5. The van der Waals surface area contributed by atoms with E-state index in [2.05, 4.69) is 15.3 Å². The fraction of sp³-hybridized carbons (Fsp3) is 0.357. The fourth-order valence-corrected chi connectivity index (χ4v) is 2.53. The molecule has 0 aliphatic heterocycles. The van der Waals surface area contributed by atoms with Gasteiger partial charge in [0.15, 0.2) is 0 Å². The lowest BCUT2D eigenvalue weighted by Gasteiger charge is -2.22. The first-order valence-corrected chi connectivity index (χ1v) is 7.27. The summed E-state index contributed by atoms with van der Waals surface area (Å²) < 4.78 is 0. The Labute approximate surface area is 122 Å². The van der Waals surface area contributed by atoms with Crippen LogP contribution in [0.4, 0.5) is 5.82 Å². The minimum Gasteiger partial charge on any atom is -0.309 e. The van der Waals surface area contributed by atoms with Crippen LogP contribution >= 0.6 is 11.3 Å². The van der Waals surface area contributed by atoms with E-state index >= 15 is 0 Å². The van der Waals surface area contributed by atoms with Gasteiger partial charge in [0.2, 0.25) is 5.91 Å². The number of carbonyl (C=O) groups excluding carboxylic acids is 1. The first kappa shape index (κ1) is 14.6. The average Bonchev–Trinajstić information content (AvgIpc) is 2.84. The molecule has 0 spiro atoms. The Morgan fingerprint density at radius 1 is 1.50 bits per heavy atom. The van der Waals surface area contributed by atoms with Crippen LogP contribution in [0.25, 0.3) is 0 Å². The van der Waals surface area contributed by atoms with Gasteiger partial charge in [-0.25, -0.2) is 9.97 Å². The van der Waals surface area contributed by atoms with E-state index in [-0.39, 0.29) is 11.9 Å². The predicted octanol–water partition coefficient (Wildman–Crippen LogP) is 2.31. The van der Waals surface area contributed by atoms with Crippen molar-refractivity contribution in [1.29, 1.82) is 0 Å². The molecule has 0 saturated heterocycles. The monoisotopic (exact) mass is 290 g/mol. The number of aryl methyl sites for hydroxylation is 1. The molecule has 1 N–H and O–H groups in total. The van der Waals surface area contributed by atoms with Crippen LogP contribution in [-0.4, -0.2) is 33.9 Å². The van der Waals surface area contributed by atoms with Gasteiger partial charge in [0.05, 0.1) is 12.6 Å². The van der Waals surface area contributed by atoms with Crippen molar-refractivity contribution < 1.29 is 4.79 Å². The largest absolute Gasteiger partial charge is 0.309 e. The van der Waals surface area contributed by atoms with Crippen molar-refractivity contribution in [2.45, 2.75) is 26.4 Å². The summed E-state index contributed by atoms with van der Waals surface area (Å²) in [5.74, 6) is 0.502. The molecular formula is C14H18N4OS. The van der Waals surface area contributed by atoms with Crippen molar-refractivity contribution >= 4 is 23.1 Å². The number of nitrogens with zero attached hydrogens (tertiary/aromatic N) is 3. The van der Waals surface area contributed by atoms with Crippen LogP contribution < -0.4 is 5.32 Å². The van der Waals surface area contributed by atoms with Gasteiger partial charge < -0.3 is 5.32 Å². The second-order valence-corrected chi connectivity index (χ2v) is 5.62. The highest BCUT2D eigenvalue weighted by Crippen LogP contribution is 2.13. The van der Waals surface area contributed by atoms with E-state index in [1.807, 2.05) is 43.3 Å². The van der Waals surface area contributed by atoms with E-state index in [0.29, 0.717) is 12.4 Å². The number of hydrogen-bond donors (Lipinski definition) is 1. The second kappa shape index (κ2) is 6.58. The number of thiazole rings is 1. The molecule has 0 radical (unpaired) electrons. The molecule has 0 fully saturated rings. The number of anilines is 1. The van der Waals surface area contributed by atoms with Gasteiger partial charge in [0, 0.05) is 17.3 Å². The topological polar surface area (TPSA) is 58.1 Å². The Bertz CT molecular complexity index is 570. The first-order valence-electron chi connectivity index (χ1n) is 6.39. The van der Waals surface area contributed by atoms with Gasteiger partial charge in [-0.15, -0.1) is 11.3 Å². The van der Waals surface area contributed by atoms with E-state index in [4.69, 9.17) is 0 Å². The van der Waals surface area contributed by atoms with Gasteiger partial charge in [0.1, 0.15) is 10.8 Å². The second-order valence-electron chi connectivity index (χ2n) is 4.68. The fourth-order valence-electron chi connectivity index (χ4n) is 1.69. The zero-order chi connectivity index (χ0) is 14.5. The number of amides is 1. The van der Waals surface area contributed by atoms with Gasteiger partial charge in [0.25, 0.3) is 0 Å². The van der Waals surface area contributed by atoms with Gasteiger partial charge in [-0.3, -0.25) is 9.69 Å². The summed E-state index contributed by atoms with van der Waals surface area (Å²) in [6.07, 6.45) is 1.66. The highest BCUT2D eigenvalue weighted by molar-refractivity contribution is 7.09. The van der Waals surface area contributed by atoms with Crippen LogP contribution in [0.2, 0.25) is 0 Å². The van der Waals surface area contributed by atoms with Crippen molar-refractivity contribution in [3.63, 3.8) is 0 Å². The molecule has 1 atom stereocenters. The molecule has 20 heavy (non-hydrogen) atoms. The number of rotatable bonds is 5. The number of nitrogens with one attached hydrogen (secondary N) is 1. The maximum Gasteiger partial charge on any atom is 0.242 e. The number of likely N-dealkylation sites (N-methyl/N-ethyl adjacent to an activating group) is 1. The van der Waals surface area contributed by atoms with Crippen LogP contribution in [-0.2, 0) is 11.3 Å². The quantitative estimate of drug-likeness (QED) is 0.918. The highest BCUT2D eigenvalue weighted by Gasteiger charge is 2.19. The molecule has 0 bridgehead atoms. The summed E-state index contributed by atoms with van der Waals surface area (Å²) in [4.78, 5) is 22.6. The zero-order valence-electron chi connectivity index (χ0n) is 11.8. The van der Waals surface area contributed by atoms with Gasteiger partial charge in [-0.05, 0) is 33.0 Å². The molecule has 0 aliphatic rings. The molecule has 0 aliphatic carbocycles. The number of pyridine rings is 1. The molecule has 2 rings (SSSR count). The SMILES string of the molecule is Cc1csc(CN(C)C(C)C(=O)Nc2ccccn2)n1. The van der Waals surface area contributed by atoms with Crippen molar-refractivity contribution in [2.24, 2.45) is 0 Å². The lowest BCUT2D eigenvalue weighted by atomic mass is 10.2. The van der Waals surface area contributed by atoms with Gasteiger partial charge >= 0.3 is 0 Å². The van der Waals surface area contributed by atoms with E-state index < -0.39 is 0 Å². The van der Waals surface area contributed by atoms with Crippen LogP contribution in [0, 0.1) is 6.92 Å². The zero-order valence-corrected chi connectivity index (χ0v) is 12.6. The van der Waals surface area contributed by atoms with Crippen LogP contribution in [0.15, 0.2) is 29.8 Å². The molecule has 6 heteroatoms. The van der Waals surface area contributed by atoms with Crippen molar-refractivity contribution in [2.75, 3.05) is 12.4 Å². The molecule has 0 aromatic carbocycles. The normalized spacial score (nSPS) is 12.4. The summed E-state index contributed by atoms with van der Waals surface area (Å²) in [6, 6.07) is 5.18. The minimum absolute atomic E-state index is 0.0699. The molecular weight excluding hydrogens is 272 g/mol. The summed E-state index contributed by atoms with van der Waals surface area (Å²) in [6.45, 7) is 4.51. The molecule has 106 valence electrons. The molecule has 2 heterocycles. The first-order chi connectivity index (χ1) is 9.56. The van der Waals surface area contributed by atoms with E-state index in [1.165, 1.54) is 0 Å². The minimum atomic E-state index is -0.249. The van der Waals surface area contributed by atoms with Gasteiger partial charge in [-0.1, -0.05) is 6.07 Å². The predicted molar refractivity (Wildman–Crippen MR) is 80.6 cm³/mol.